The first-order valence-corrected chi connectivity index (χ1v) is 6.32. The van der Waals surface area contributed by atoms with Crippen molar-refractivity contribution < 1.29 is 9.53 Å². The highest BCUT2D eigenvalue weighted by molar-refractivity contribution is 6.08. The molecule has 0 bridgehead atoms. The van der Waals surface area contributed by atoms with Crippen LogP contribution in [-0.4, -0.2) is 26.1 Å². The molecule has 1 amide bonds. The number of hydrogen-bond acceptors (Lipinski definition) is 3. The van der Waals surface area contributed by atoms with Gasteiger partial charge in [-0.05, 0) is 30.5 Å². The van der Waals surface area contributed by atoms with E-state index in [1.54, 1.807) is 13.2 Å². The second-order valence-electron chi connectivity index (χ2n) is 4.26. The zero-order valence-electron chi connectivity index (χ0n) is 11.4. The van der Waals surface area contributed by atoms with Gasteiger partial charge in [-0.15, -0.1) is 12.4 Å². The highest BCUT2D eigenvalue weighted by Gasteiger charge is 2.11. The van der Waals surface area contributed by atoms with Crippen molar-refractivity contribution in [3.05, 3.63) is 42.0 Å². The van der Waals surface area contributed by atoms with Gasteiger partial charge in [0, 0.05) is 17.5 Å². The lowest BCUT2D eigenvalue weighted by molar-refractivity contribution is 0.0955. The molecule has 2 aromatic carbocycles. The number of carbonyl (C=O) groups is 1. The van der Waals surface area contributed by atoms with Crippen LogP contribution in [0.1, 0.15) is 16.8 Å². The van der Waals surface area contributed by atoms with Crippen LogP contribution in [0.25, 0.3) is 10.8 Å². The van der Waals surface area contributed by atoms with Gasteiger partial charge in [-0.2, -0.15) is 0 Å². The minimum absolute atomic E-state index is 0. The van der Waals surface area contributed by atoms with E-state index in [-0.39, 0.29) is 18.3 Å². The number of methoxy groups -OCH3 is 1. The van der Waals surface area contributed by atoms with E-state index in [1.165, 1.54) is 0 Å². The maximum Gasteiger partial charge on any atom is 0.251 e. The van der Waals surface area contributed by atoms with Crippen LogP contribution in [0, 0.1) is 0 Å². The summed E-state index contributed by atoms with van der Waals surface area (Å²) in [5.74, 6) is 0.696. The summed E-state index contributed by atoms with van der Waals surface area (Å²) in [5.41, 5.74) is 6.07. The Morgan fingerprint density at radius 2 is 1.90 bits per heavy atom. The molecule has 0 saturated carbocycles. The lowest BCUT2D eigenvalue weighted by Gasteiger charge is -2.10. The molecule has 0 aliphatic carbocycles. The first-order valence-electron chi connectivity index (χ1n) is 6.32. The van der Waals surface area contributed by atoms with E-state index in [4.69, 9.17) is 10.5 Å². The number of halogens is 1. The van der Waals surface area contributed by atoms with Crippen LogP contribution < -0.4 is 15.8 Å². The standard InChI is InChI=1S/C15H18N2O2.ClH/c1-19-14-8-7-13(15(18)17-10-4-9-16)11-5-2-3-6-12(11)14;/h2-3,5-8H,4,9-10,16H2,1H3,(H,17,18);1H. The molecule has 0 unspecified atom stereocenters. The van der Waals surface area contributed by atoms with Crippen LogP contribution in [0.4, 0.5) is 0 Å². The fourth-order valence-electron chi connectivity index (χ4n) is 2.05. The number of fused-ring (bicyclic) bond motifs is 1. The third-order valence-corrected chi connectivity index (χ3v) is 3.02. The van der Waals surface area contributed by atoms with Gasteiger partial charge in [-0.3, -0.25) is 4.79 Å². The lowest BCUT2D eigenvalue weighted by Crippen LogP contribution is -2.26. The molecule has 3 N–H and O–H groups in total. The molecule has 108 valence electrons. The van der Waals surface area contributed by atoms with Crippen molar-refractivity contribution in [3.8, 4) is 5.75 Å². The molecule has 0 spiro atoms. The van der Waals surface area contributed by atoms with Crippen molar-refractivity contribution in [1.82, 2.24) is 5.32 Å². The third-order valence-electron chi connectivity index (χ3n) is 3.02. The van der Waals surface area contributed by atoms with Gasteiger partial charge in [-0.1, -0.05) is 24.3 Å². The van der Waals surface area contributed by atoms with Crippen molar-refractivity contribution in [1.29, 1.82) is 0 Å². The summed E-state index contributed by atoms with van der Waals surface area (Å²) in [7, 11) is 1.63. The molecule has 0 saturated heterocycles. The van der Waals surface area contributed by atoms with Gasteiger partial charge in [0.2, 0.25) is 0 Å². The molecule has 0 aliphatic heterocycles. The normalized spacial score (nSPS) is 9.90. The number of amides is 1. The van der Waals surface area contributed by atoms with Crippen LogP contribution in [0.3, 0.4) is 0 Å². The maximum atomic E-state index is 12.1. The van der Waals surface area contributed by atoms with E-state index in [0.29, 0.717) is 18.7 Å². The zero-order valence-corrected chi connectivity index (χ0v) is 12.2. The Morgan fingerprint density at radius 3 is 2.55 bits per heavy atom. The van der Waals surface area contributed by atoms with Gasteiger partial charge in [0.05, 0.1) is 7.11 Å². The van der Waals surface area contributed by atoms with Crippen LogP contribution in [0.2, 0.25) is 0 Å². The Balaban J connectivity index is 0.00000200. The second-order valence-corrected chi connectivity index (χ2v) is 4.26. The Labute approximate surface area is 124 Å². The third kappa shape index (κ3) is 3.40. The van der Waals surface area contributed by atoms with Crippen LogP contribution in [0.15, 0.2) is 36.4 Å². The number of hydrogen-bond donors (Lipinski definition) is 2. The molecule has 0 atom stereocenters. The molecule has 0 aliphatic rings. The van der Waals surface area contributed by atoms with Crippen molar-refractivity contribution in [2.75, 3.05) is 20.2 Å². The average molecular weight is 295 g/mol. The van der Waals surface area contributed by atoms with Crippen LogP contribution >= 0.6 is 12.4 Å². The van der Waals surface area contributed by atoms with Gasteiger partial charge in [0.25, 0.3) is 5.91 Å². The number of rotatable bonds is 5. The summed E-state index contributed by atoms with van der Waals surface area (Å²) < 4.78 is 5.31. The van der Waals surface area contributed by atoms with E-state index in [0.717, 1.165) is 22.9 Å². The Bertz CT molecular complexity index is 587. The second kappa shape index (κ2) is 7.72. The van der Waals surface area contributed by atoms with Crippen molar-refractivity contribution in [2.45, 2.75) is 6.42 Å². The molecule has 0 aromatic heterocycles. The summed E-state index contributed by atoms with van der Waals surface area (Å²) in [6, 6.07) is 11.3. The zero-order chi connectivity index (χ0) is 13.7. The molecule has 5 heteroatoms. The van der Waals surface area contributed by atoms with Crippen LogP contribution in [-0.2, 0) is 0 Å². The number of nitrogens with two attached hydrogens (primary N) is 1. The van der Waals surface area contributed by atoms with E-state index in [9.17, 15) is 4.79 Å². The fraction of sp³-hybridized carbons (Fsp3) is 0.267. The Kier molecular flexibility index (Phi) is 6.28. The quantitative estimate of drug-likeness (QED) is 0.832. The highest BCUT2D eigenvalue weighted by Crippen LogP contribution is 2.28. The molecule has 0 radical (unpaired) electrons. The van der Waals surface area contributed by atoms with Gasteiger partial charge in [0.15, 0.2) is 0 Å². The van der Waals surface area contributed by atoms with E-state index >= 15 is 0 Å². The summed E-state index contributed by atoms with van der Waals surface area (Å²) in [6.45, 7) is 1.17. The number of benzene rings is 2. The first kappa shape index (κ1) is 16.3. The maximum absolute atomic E-state index is 12.1. The van der Waals surface area contributed by atoms with Crippen molar-refractivity contribution in [3.63, 3.8) is 0 Å². The molecule has 0 heterocycles. The predicted molar refractivity (Wildman–Crippen MR) is 83.8 cm³/mol. The predicted octanol–water partition coefficient (Wildman–Crippen LogP) is 2.35. The fourth-order valence-corrected chi connectivity index (χ4v) is 2.05. The molecular formula is C15H19ClN2O2. The summed E-state index contributed by atoms with van der Waals surface area (Å²) in [6.07, 6.45) is 0.778. The smallest absolute Gasteiger partial charge is 0.251 e. The van der Waals surface area contributed by atoms with E-state index in [2.05, 4.69) is 5.32 Å². The Morgan fingerprint density at radius 1 is 1.20 bits per heavy atom. The first-order chi connectivity index (χ1) is 9.27. The van der Waals surface area contributed by atoms with Gasteiger partial charge < -0.3 is 15.8 Å². The average Bonchev–Trinajstić information content (AvgIpc) is 2.46. The minimum atomic E-state index is -0.0766. The largest absolute Gasteiger partial charge is 0.496 e. The monoisotopic (exact) mass is 294 g/mol. The SMILES string of the molecule is COc1ccc(C(=O)NCCCN)c2ccccc12.Cl. The molecule has 0 fully saturated rings. The summed E-state index contributed by atoms with van der Waals surface area (Å²) in [5, 5.41) is 4.71. The summed E-state index contributed by atoms with van der Waals surface area (Å²) in [4.78, 5) is 12.1. The highest BCUT2D eigenvalue weighted by atomic mass is 35.5. The molecule has 4 nitrogen and oxygen atoms in total. The molecular weight excluding hydrogens is 276 g/mol. The van der Waals surface area contributed by atoms with E-state index < -0.39 is 0 Å². The number of nitrogens with one attached hydrogen (secondary N) is 1. The van der Waals surface area contributed by atoms with Gasteiger partial charge in [0.1, 0.15) is 5.75 Å². The van der Waals surface area contributed by atoms with Gasteiger partial charge >= 0.3 is 0 Å². The van der Waals surface area contributed by atoms with Crippen molar-refractivity contribution >= 4 is 29.1 Å². The van der Waals surface area contributed by atoms with E-state index in [1.807, 2.05) is 30.3 Å². The lowest BCUT2D eigenvalue weighted by atomic mass is 10.0. The minimum Gasteiger partial charge on any atom is -0.496 e. The Hall–Kier alpha value is -1.78. The molecule has 2 aromatic rings. The summed E-state index contributed by atoms with van der Waals surface area (Å²) >= 11 is 0. The van der Waals surface area contributed by atoms with Gasteiger partial charge in [-0.25, -0.2) is 0 Å². The van der Waals surface area contributed by atoms with Crippen LogP contribution in [0.5, 0.6) is 5.75 Å². The molecule has 2 rings (SSSR count). The van der Waals surface area contributed by atoms with Crippen molar-refractivity contribution in [2.24, 2.45) is 5.73 Å². The topological polar surface area (TPSA) is 64.3 Å². The molecule has 20 heavy (non-hydrogen) atoms. The number of ether oxygens (including phenoxy) is 1. The number of carbonyl (C=O) groups excluding carboxylic acids is 1.